The van der Waals surface area contributed by atoms with E-state index < -0.39 is 0 Å². The molecule has 0 spiro atoms. The minimum atomic E-state index is -0.108. The zero-order valence-electron chi connectivity index (χ0n) is 20.9. The van der Waals surface area contributed by atoms with E-state index in [1.165, 1.54) is 0 Å². The van der Waals surface area contributed by atoms with Crippen molar-refractivity contribution in [2.45, 2.75) is 48.5 Å². The highest BCUT2D eigenvalue weighted by Gasteiger charge is 2.23. The van der Waals surface area contributed by atoms with Crippen LogP contribution >= 0.6 is 0 Å². The fourth-order valence-corrected chi connectivity index (χ4v) is 3.83. The van der Waals surface area contributed by atoms with Crippen LogP contribution in [0.5, 0.6) is 0 Å². The molecule has 6 nitrogen and oxygen atoms in total. The number of allylic oxidation sites excluding steroid dienone is 1. The van der Waals surface area contributed by atoms with Gasteiger partial charge in [0.25, 0.3) is 5.91 Å². The molecule has 6 heteroatoms. The van der Waals surface area contributed by atoms with E-state index in [0.717, 1.165) is 57.1 Å². The van der Waals surface area contributed by atoms with Crippen LogP contribution in [0.3, 0.4) is 0 Å². The Morgan fingerprint density at radius 3 is 2.17 bits per heavy atom. The number of aliphatic imine (C=N–C) groups is 1. The van der Waals surface area contributed by atoms with Gasteiger partial charge in [-0.2, -0.15) is 0 Å². The lowest BCUT2D eigenvalue weighted by atomic mass is 9.84. The molecule has 0 atom stereocenters. The number of rotatable bonds is 9. The predicted octanol–water partition coefficient (Wildman–Crippen LogP) is 3.23. The average Bonchev–Trinajstić information content (AvgIpc) is 2.64. The van der Waals surface area contributed by atoms with Crippen molar-refractivity contribution in [2.24, 2.45) is 16.3 Å². The summed E-state index contributed by atoms with van der Waals surface area (Å²) in [4.78, 5) is 24.5. The molecule has 0 aliphatic carbocycles. The lowest BCUT2D eigenvalue weighted by Crippen LogP contribution is -2.48. The molecular weight excluding hydrogens is 374 g/mol. The van der Waals surface area contributed by atoms with E-state index >= 15 is 0 Å². The topological polar surface area (TPSA) is 51.2 Å². The highest BCUT2D eigenvalue weighted by Crippen LogP contribution is 2.23. The molecule has 0 saturated carbocycles. The maximum absolute atomic E-state index is 12.9. The maximum atomic E-state index is 12.9. The zero-order valence-corrected chi connectivity index (χ0v) is 20.9. The van der Waals surface area contributed by atoms with Gasteiger partial charge in [-0.05, 0) is 32.4 Å². The molecule has 1 amide bonds. The Morgan fingerprint density at radius 1 is 1.13 bits per heavy atom. The summed E-state index contributed by atoms with van der Waals surface area (Å²) in [6.45, 7) is 25.9. The first-order valence-corrected chi connectivity index (χ1v) is 11.2. The van der Waals surface area contributed by atoms with Crippen molar-refractivity contribution in [3.8, 4) is 0 Å². The van der Waals surface area contributed by atoms with Gasteiger partial charge < -0.3 is 15.1 Å². The Kier molecular flexibility index (Phi) is 10.2. The van der Waals surface area contributed by atoms with Gasteiger partial charge in [-0.25, -0.2) is 0 Å². The molecule has 1 N–H and O–H groups in total. The van der Waals surface area contributed by atoms with E-state index in [0.29, 0.717) is 17.3 Å². The third kappa shape index (κ3) is 8.23. The molecule has 0 radical (unpaired) electrons. The van der Waals surface area contributed by atoms with Crippen LogP contribution in [0, 0.1) is 11.3 Å². The fraction of sp³-hybridized carbons (Fsp3) is 0.750. The Balaban J connectivity index is 2.82. The average molecular weight is 420 g/mol. The van der Waals surface area contributed by atoms with Crippen molar-refractivity contribution in [2.75, 3.05) is 59.9 Å². The van der Waals surface area contributed by atoms with Gasteiger partial charge in [-0.3, -0.25) is 14.7 Å². The van der Waals surface area contributed by atoms with E-state index in [2.05, 4.69) is 73.3 Å². The Morgan fingerprint density at radius 2 is 1.70 bits per heavy atom. The number of carbonyl (C=O) groups is 1. The zero-order chi connectivity index (χ0) is 23.1. The van der Waals surface area contributed by atoms with Crippen LogP contribution in [0.15, 0.2) is 28.5 Å². The van der Waals surface area contributed by atoms with E-state index in [4.69, 9.17) is 0 Å². The molecule has 1 rings (SSSR count). The van der Waals surface area contributed by atoms with Crippen molar-refractivity contribution >= 4 is 11.6 Å². The normalized spacial score (nSPS) is 17.7. The molecule has 0 aromatic heterocycles. The third-order valence-corrected chi connectivity index (χ3v) is 5.70. The number of carbonyl (C=O) groups excluding carboxylic acids is 1. The number of nitrogens with zero attached hydrogens (tertiary/aromatic N) is 4. The van der Waals surface area contributed by atoms with Crippen LogP contribution in [0.2, 0.25) is 0 Å². The SMILES string of the molecule is C=C(NC(=O)/C(C)=C(\C)C(=NC)C(C)(C)C)N(CCN1CCN(C)CC1)CC(C)C. The Bertz CT molecular complexity index is 649. The minimum Gasteiger partial charge on any atom is -0.357 e. The third-order valence-electron chi connectivity index (χ3n) is 5.70. The van der Waals surface area contributed by atoms with E-state index in [9.17, 15) is 4.79 Å². The summed E-state index contributed by atoms with van der Waals surface area (Å²) in [6.07, 6.45) is 0. The number of hydrogen-bond acceptors (Lipinski definition) is 5. The quantitative estimate of drug-likeness (QED) is 0.460. The number of hydrogen-bond donors (Lipinski definition) is 1. The van der Waals surface area contributed by atoms with E-state index in [-0.39, 0.29) is 11.3 Å². The minimum absolute atomic E-state index is 0.101. The van der Waals surface area contributed by atoms with Crippen LogP contribution in [0.25, 0.3) is 0 Å². The second-order valence-electron chi connectivity index (χ2n) is 9.96. The van der Waals surface area contributed by atoms with Gasteiger partial charge in [0, 0.05) is 69.6 Å². The van der Waals surface area contributed by atoms with Crippen LogP contribution in [0.4, 0.5) is 0 Å². The van der Waals surface area contributed by atoms with Gasteiger partial charge in [-0.1, -0.05) is 41.2 Å². The lowest BCUT2D eigenvalue weighted by molar-refractivity contribution is -0.117. The van der Waals surface area contributed by atoms with Crippen molar-refractivity contribution in [1.82, 2.24) is 20.0 Å². The summed E-state index contributed by atoms with van der Waals surface area (Å²) in [6, 6.07) is 0. The maximum Gasteiger partial charge on any atom is 0.252 e. The summed E-state index contributed by atoms with van der Waals surface area (Å²) in [5.41, 5.74) is 2.47. The summed E-state index contributed by atoms with van der Waals surface area (Å²) >= 11 is 0. The number of piperazine rings is 1. The molecule has 0 bridgehead atoms. The molecule has 0 aromatic rings. The van der Waals surface area contributed by atoms with Gasteiger partial charge in [0.1, 0.15) is 5.82 Å². The van der Waals surface area contributed by atoms with Gasteiger partial charge in [0.15, 0.2) is 0 Å². The number of nitrogens with one attached hydrogen (secondary N) is 1. The summed E-state index contributed by atoms with van der Waals surface area (Å²) in [7, 11) is 3.96. The second kappa shape index (κ2) is 11.7. The first-order chi connectivity index (χ1) is 13.9. The van der Waals surface area contributed by atoms with Crippen molar-refractivity contribution in [3.05, 3.63) is 23.5 Å². The van der Waals surface area contributed by atoms with Crippen LogP contribution in [-0.4, -0.2) is 86.2 Å². The summed E-state index contributed by atoms with van der Waals surface area (Å²) in [5, 5.41) is 3.04. The number of amides is 1. The molecule has 1 aliphatic heterocycles. The molecule has 1 fully saturated rings. The number of likely N-dealkylation sites (N-methyl/N-ethyl adjacent to an activating group) is 1. The summed E-state index contributed by atoms with van der Waals surface area (Å²) in [5.74, 6) is 1.07. The standard InChI is InChI=1S/C24H45N5O/c1-18(2)17-29(16-15-28-13-11-27(10)12-14-28)21(5)26-23(30)20(4)19(3)22(25-9)24(6,7)8/h18H,5,11-17H2,1-4,6-10H3,(H,26,30)/b20-19+,25-22?. The predicted molar refractivity (Wildman–Crippen MR) is 129 cm³/mol. The highest BCUT2D eigenvalue weighted by molar-refractivity contribution is 6.09. The molecule has 0 unspecified atom stereocenters. The first kappa shape index (κ1) is 26.4. The molecule has 172 valence electrons. The highest BCUT2D eigenvalue weighted by atomic mass is 16.1. The summed E-state index contributed by atoms with van der Waals surface area (Å²) < 4.78 is 0. The van der Waals surface area contributed by atoms with Crippen molar-refractivity contribution in [3.63, 3.8) is 0 Å². The van der Waals surface area contributed by atoms with Crippen molar-refractivity contribution in [1.29, 1.82) is 0 Å². The smallest absolute Gasteiger partial charge is 0.252 e. The van der Waals surface area contributed by atoms with Crippen LogP contribution in [-0.2, 0) is 4.79 Å². The van der Waals surface area contributed by atoms with E-state index in [1.807, 2.05) is 13.8 Å². The van der Waals surface area contributed by atoms with Crippen LogP contribution in [0.1, 0.15) is 48.5 Å². The fourth-order valence-electron chi connectivity index (χ4n) is 3.83. The van der Waals surface area contributed by atoms with Gasteiger partial charge in [0.2, 0.25) is 0 Å². The molecular formula is C24H45N5O. The molecule has 30 heavy (non-hydrogen) atoms. The van der Waals surface area contributed by atoms with Crippen molar-refractivity contribution < 1.29 is 4.79 Å². The van der Waals surface area contributed by atoms with E-state index in [1.54, 1.807) is 7.05 Å². The van der Waals surface area contributed by atoms with Gasteiger partial charge >= 0.3 is 0 Å². The Hall–Kier alpha value is -1.66. The monoisotopic (exact) mass is 419 g/mol. The largest absolute Gasteiger partial charge is 0.357 e. The molecule has 1 saturated heterocycles. The Labute approximate surface area is 185 Å². The second-order valence-corrected chi connectivity index (χ2v) is 9.96. The van der Waals surface area contributed by atoms with Gasteiger partial charge in [-0.15, -0.1) is 0 Å². The molecule has 1 aliphatic rings. The molecule has 0 aromatic carbocycles. The molecule has 1 heterocycles. The van der Waals surface area contributed by atoms with Crippen LogP contribution < -0.4 is 5.32 Å². The first-order valence-electron chi connectivity index (χ1n) is 11.2. The lowest BCUT2D eigenvalue weighted by Gasteiger charge is -2.35. The van der Waals surface area contributed by atoms with Gasteiger partial charge in [0.05, 0.1) is 0 Å².